The van der Waals surface area contributed by atoms with Crippen molar-refractivity contribution in [2.45, 2.75) is 45.1 Å². The predicted octanol–water partition coefficient (Wildman–Crippen LogP) is 3.00. The van der Waals surface area contributed by atoms with Crippen molar-refractivity contribution in [1.82, 2.24) is 4.57 Å². The summed E-state index contributed by atoms with van der Waals surface area (Å²) >= 11 is 0. The van der Waals surface area contributed by atoms with Crippen LogP contribution in [0.15, 0.2) is 18.2 Å². The number of anilines is 1. The number of carbonyl (C=O) groups is 1. The molecule has 1 aromatic heterocycles. The van der Waals surface area contributed by atoms with E-state index in [2.05, 4.69) is 12.1 Å². The molecule has 1 aliphatic heterocycles. The molecule has 4 rings (SSSR count). The van der Waals surface area contributed by atoms with Crippen molar-refractivity contribution in [2.75, 3.05) is 5.73 Å². The lowest BCUT2D eigenvalue weighted by atomic mass is 9.89. The average molecular weight is 305 g/mol. The zero-order chi connectivity index (χ0) is 16.0. The first-order valence-corrected chi connectivity index (χ1v) is 8.28. The van der Waals surface area contributed by atoms with E-state index in [1.807, 2.05) is 16.7 Å². The zero-order valence-electron chi connectivity index (χ0n) is 13.1. The van der Waals surface area contributed by atoms with Crippen LogP contribution in [0, 0.1) is 11.3 Å². The van der Waals surface area contributed by atoms with E-state index in [9.17, 15) is 10.1 Å². The van der Waals surface area contributed by atoms with Crippen molar-refractivity contribution in [3.8, 4) is 6.07 Å². The zero-order valence-corrected chi connectivity index (χ0v) is 13.1. The molecule has 0 saturated carbocycles. The Bertz CT molecular complexity index is 854. The highest BCUT2D eigenvalue weighted by atomic mass is 16.1. The molecule has 116 valence electrons. The van der Waals surface area contributed by atoms with Gasteiger partial charge in [0.2, 0.25) is 5.78 Å². The van der Waals surface area contributed by atoms with Gasteiger partial charge in [0.15, 0.2) is 0 Å². The maximum absolute atomic E-state index is 13.0. The molecule has 0 fully saturated rings. The third kappa shape index (κ3) is 2.08. The Balaban J connectivity index is 1.80. The van der Waals surface area contributed by atoms with Crippen molar-refractivity contribution in [1.29, 1.82) is 5.26 Å². The number of nitriles is 1. The van der Waals surface area contributed by atoms with Crippen LogP contribution in [0.3, 0.4) is 0 Å². The first-order chi connectivity index (χ1) is 11.2. The Kier molecular flexibility index (Phi) is 3.23. The van der Waals surface area contributed by atoms with E-state index in [-0.39, 0.29) is 5.78 Å². The first kappa shape index (κ1) is 14.1. The van der Waals surface area contributed by atoms with Crippen molar-refractivity contribution < 1.29 is 4.79 Å². The van der Waals surface area contributed by atoms with Crippen LogP contribution < -0.4 is 5.73 Å². The van der Waals surface area contributed by atoms with Gasteiger partial charge in [0.1, 0.15) is 11.8 Å². The monoisotopic (exact) mass is 305 g/mol. The number of fused-ring (bicyclic) bond motifs is 2. The normalized spacial score (nSPS) is 15.8. The number of rotatable bonds is 2. The van der Waals surface area contributed by atoms with E-state index in [1.54, 1.807) is 0 Å². The summed E-state index contributed by atoms with van der Waals surface area (Å²) in [5.74, 6) is -0.0551. The van der Waals surface area contributed by atoms with Crippen LogP contribution >= 0.6 is 0 Å². The first-order valence-electron chi connectivity index (χ1n) is 8.28. The molecule has 0 amide bonds. The predicted molar refractivity (Wildman–Crippen MR) is 88.4 cm³/mol. The maximum atomic E-state index is 13.0. The largest absolute Gasteiger partial charge is 0.396 e. The highest BCUT2D eigenvalue weighted by Gasteiger charge is 2.29. The molecule has 2 N–H and O–H groups in total. The molecule has 2 heterocycles. The van der Waals surface area contributed by atoms with Crippen molar-refractivity contribution in [3.05, 3.63) is 51.8 Å². The van der Waals surface area contributed by atoms with Crippen LogP contribution in [-0.4, -0.2) is 10.4 Å². The smallest absolute Gasteiger partial charge is 0.211 e. The molecule has 4 nitrogen and oxygen atoms in total. The average Bonchev–Trinajstić information content (AvgIpc) is 3.13. The Labute approximate surface area is 135 Å². The molecule has 0 unspecified atom stereocenters. The van der Waals surface area contributed by atoms with Crippen LogP contribution in [0.2, 0.25) is 0 Å². The highest BCUT2D eigenvalue weighted by Crippen LogP contribution is 2.33. The van der Waals surface area contributed by atoms with Crippen LogP contribution in [0.1, 0.15) is 57.7 Å². The molecule has 0 atom stereocenters. The number of nitrogens with zero attached hydrogens (tertiary/aromatic N) is 2. The number of nitrogens with two attached hydrogens (primary N) is 1. The SMILES string of the molecule is N#Cc1c(N)c(C(=O)c2ccc3c(c2)CCCC3)n2c1CCC2. The second-order valence-electron chi connectivity index (χ2n) is 6.47. The minimum absolute atomic E-state index is 0.0551. The fraction of sp³-hybridized carbons (Fsp3) is 0.368. The number of carbonyl (C=O) groups excluding carboxylic acids is 1. The van der Waals surface area contributed by atoms with Crippen molar-refractivity contribution in [3.63, 3.8) is 0 Å². The Morgan fingerprint density at radius 2 is 1.91 bits per heavy atom. The fourth-order valence-corrected chi connectivity index (χ4v) is 3.98. The number of hydrogen-bond donors (Lipinski definition) is 1. The minimum Gasteiger partial charge on any atom is -0.396 e. The number of ketones is 1. The van der Waals surface area contributed by atoms with E-state index < -0.39 is 0 Å². The summed E-state index contributed by atoms with van der Waals surface area (Å²) in [6, 6.07) is 8.19. The third-order valence-corrected chi connectivity index (χ3v) is 5.14. The van der Waals surface area contributed by atoms with E-state index >= 15 is 0 Å². The van der Waals surface area contributed by atoms with Crippen LogP contribution in [0.25, 0.3) is 0 Å². The lowest BCUT2D eigenvalue weighted by Crippen LogP contribution is -2.12. The molecule has 23 heavy (non-hydrogen) atoms. The summed E-state index contributed by atoms with van der Waals surface area (Å²) in [6.45, 7) is 0.771. The van der Waals surface area contributed by atoms with E-state index in [4.69, 9.17) is 5.73 Å². The highest BCUT2D eigenvalue weighted by molar-refractivity contribution is 6.12. The summed E-state index contributed by atoms with van der Waals surface area (Å²) in [5, 5.41) is 9.35. The second-order valence-corrected chi connectivity index (χ2v) is 6.47. The molecule has 0 spiro atoms. The van der Waals surface area contributed by atoms with Gasteiger partial charge in [-0.1, -0.05) is 12.1 Å². The minimum atomic E-state index is -0.0551. The Hall–Kier alpha value is -2.54. The standard InChI is InChI=1S/C19H19N3O/c20-11-15-16-6-3-9-22(16)18(17(15)21)19(23)14-8-7-12-4-1-2-5-13(12)10-14/h7-8,10H,1-6,9,21H2. The van der Waals surface area contributed by atoms with Gasteiger partial charge in [-0.15, -0.1) is 0 Å². The van der Waals surface area contributed by atoms with E-state index in [0.717, 1.165) is 37.9 Å². The van der Waals surface area contributed by atoms with Gasteiger partial charge in [-0.3, -0.25) is 4.79 Å². The lowest BCUT2D eigenvalue weighted by molar-refractivity contribution is 0.103. The molecule has 2 aromatic rings. The lowest BCUT2D eigenvalue weighted by Gasteiger charge is -2.16. The van der Waals surface area contributed by atoms with Gasteiger partial charge in [-0.25, -0.2) is 0 Å². The van der Waals surface area contributed by atoms with Crippen LogP contribution in [-0.2, 0) is 25.8 Å². The van der Waals surface area contributed by atoms with Crippen LogP contribution in [0.4, 0.5) is 5.69 Å². The molecule has 0 saturated heterocycles. The molecule has 0 bridgehead atoms. The van der Waals surface area contributed by atoms with Gasteiger partial charge in [-0.2, -0.15) is 5.26 Å². The number of aromatic nitrogens is 1. The van der Waals surface area contributed by atoms with Gasteiger partial charge < -0.3 is 10.3 Å². The fourth-order valence-electron chi connectivity index (χ4n) is 3.98. The second kappa shape index (κ2) is 5.27. The summed E-state index contributed by atoms with van der Waals surface area (Å²) < 4.78 is 1.95. The molecular formula is C19H19N3O. The summed E-state index contributed by atoms with van der Waals surface area (Å²) in [6.07, 6.45) is 6.35. The maximum Gasteiger partial charge on any atom is 0.211 e. The van der Waals surface area contributed by atoms with E-state index in [0.29, 0.717) is 22.5 Å². The topological polar surface area (TPSA) is 71.8 Å². The molecule has 2 aliphatic rings. The van der Waals surface area contributed by atoms with E-state index in [1.165, 1.54) is 24.0 Å². The van der Waals surface area contributed by atoms with Crippen LogP contribution in [0.5, 0.6) is 0 Å². The summed E-state index contributed by atoms with van der Waals surface area (Å²) in [4.78, 5) is 13.0. The molecular weight excluding hydrogens is 286 g/mol. The van der Waals surface area contributed by atoms with Crippen molar-refractivity contribution >= 4 is 11.5 Å². The van der Waals surface area contributed by atoms with Gasteiger partial charge >= 0.3 is 0 Å². The van der Waals surface area contributed by atoms with Gasteiger partial charge in [0.05, 0.1) is 11.3 Å². The van der Waals surface area contributed by atoms with Gasteiger partial charge in [-0.05, 0) is 55.7 Å². The van der Waals surface area contributed by atoms with Gasteiger partial charge in [0.25, 0.3) is 0 Å². The Morgan fingerprint density at radius 1 is 1.13 bits per heavy atom. The summed E-state index contributed by atoms with van der Waals surface area (Å²) in [7, 11) is 0. The molecule has 1 aliphatic carbocycles. The van der Waals surface area contributed by atoms with Crippen molar-refractivity contribution in [2.24, 2.45) is 0 Å². The Morgan fingerprint density at radius 3 is 2.70 bits per heavy atom. The molecule has 1 aromatic carbocycles. The summed E-state index contributed by atoms with van der Waals surface area (Å²) in [5.41, 5.74) is 11.7. The molecule has 0 radical (unpaired) electrons. The van der Waals surface area contributed by atoms with Gasteiger partial charge in [0, 0.05) is 17.8 Å². The number of nitrogen functional groups attached to an aromatic ring is 1. The third-order valence-electron chi connectivity index (χ3n) is 5.14. The number of aryl methyl sites for hydroxylation is 2. The number of hydrogen-bond acceptors (Lipinski definition) is 3. The number of benzene rings is 1. The molecule has 4 heteroatoms. The quantitative estimate of drug-likeness (QED) is 0.867.